The maximum absolute atomic E-state index is 7.00. The molecule has 0 aromatic heterocycles. The molecule has 0 fully saturated rings. The van der Waals surface area contributed by atoms with Gasteiger partial charge in [-0.25, -0.2) is 0 Å². The molecular weight excluding hydrogens is 190 g/mol. The third-order valence-corrected chi connectivity index (χ3v) is 1.76. The number of nitrogens with two attached hydrogens (primary N) is 1. The molecule has 0 aromatic carbocycles. The van der Waals surface area contributed by atoms with Crippen molar-refractivity contribution in [3.63, 3.8) is 0 Å². The van der Waals surface area contributed by atoms with E-state index in [4.69, 9.17) is 10.8 Å². The Morgan fingerprint density at radius 2 is 1.07 bits per heavy atom. The number of unbranched alkanes of at least 4 members (excludes halogenated alkanes) is 5. The molecule has 0 heterocycles. The number of rotatable bonds is 6. The second-order valence-electron chi connectivity index (χ2n) is 3.20. The maximum Gasteiger partial charge on any atom is 0.0319 e. The zero-order chi connectivity index (χ0) is 11.7. The van der Waals surface area contributed by atoms with Gasteiger partial charge in [0.15, 0.2) is 0 Å². The van der Waals surface area contributed by atoms with Gasteiger partial charge in [0.1, 0.15) is 0 Å². The molecule has 0 bridgehead atoms. The first-order chi connectivity index (χ1) is 6.83. The Morgan fingerprint density at radius 3 is 1.20 bits per heavy atom. The van der Waals surface area contributed by atoms with E-state index in [0.717, 1.165) is 13.7 Å². The van der Waals surface area contributed by atoms with Crippen molar-refractivity contribution in [2.75, 3.05) is 13.7 Å². The fraction of sp³-hybridized carbons (Fsp3) is 1.00. The highest BCUT2D eigenvalue weighted by Crippen LogP contribution is 1.95. The van der Waals surface area contributed by atoms with Gasteiger partial charge in [-0.1, -0.05) is 59.3 Å². The van der Waals surface area contributed by atoms with Crippen LogP contribution in [-0.2, 0) is 0 Å². The van der Waals surface area contributed by atoms with Crippen molar-refractivity contribution in [1.29, 1.82) is 0 Å². The highest BCUT2D eigenvalue weighted by atomic mass is 16.2. The molecule has 0 saturated carbocycles. The smallest absolute Gasteiger partial charge is 0.0319 e. The second kappa shape index (κ2) is 37.1. The van der Waals surface area contributed by atoms with E-state index in [2.05, 4.69) is 20.8 Å². The fourth-order valence-electron chi connectivity index (χ4n) is 0.894. The summed E-state index contributed by atoms with van der Waals surface area (Å²) in [6.07, 6.45) is 9.29. The molecule has 0 aliphatic heterocycles. The Labute approximate surface area is 97.9 Å². The monoisotopic (exact) mass is 225 g/mol. The molecule has 0 spiro atoms. The Kier molecular flexibility index (Phi) is 59.9. The van der Waals surface area contributed by atoms with E-state index in [1.165, 1.54) is 44.9 Å². The van der Waals surface area contributed by atoms with E-state index >= 15 is 0 Å². The molecule has 0 unspecified atom stereocenters. The highest BCUT2D eigenvalue weighted by Gasteiger charge is 1.75. The van der Waals surface area contributed by atoms with Gasteiger partial charge in [0.2, 0.25) is 0 Å². The van der Waals surface area contributed by atoms with Crippen LogP contribution in [0.2, 0.25) is 0 Å². The van der Waals surface area contributed by atoms with Gasteiger partial charge < -0.3 is 16.3 Å². The molecule has 0 rings (SSSR count). The quantitative estimate of drug-likeness (QED) is 0.682. The van der Waals surface area contributed by atoms with E-state index < -0.39 is 0 Å². The van der Waals surface area contributed by atoms with Gasteiger partial charge >= 0.3 is 0 Å². The van der Waals surface area contributed by atoms with E-state index in [1.807, 2.05) is 0 Å². The van der Waals surface area contributed by atoms with Crippen molar-refractivity contribution < 1.29 is 12.0 Å². The third kappa shape index (κ3) is 56.7. The van der Waals surface area contributed by atoms with Crippen molar-refractivity contribution in [3.8, 4) is 0 Å². The summed E-state index contributed by atoms with van der Waals surface area (Å²) in [5.74, 6) is 0. The van der Waals surface area contributed by atoms with Gasteiger partial charge in [-0.05, 0) is 13.0 Å². The van der Waals surface area contributed by atoms with E-state index in [0.29, 0.717) is 0 Å². The van der Waals surface area contributed by atoms with E-state index in [1.54, 1.807) is 0 Å². The zero-order valence-corrected chi connectivity index (χ0v) is 11.2. The van der Waals surface area contributed by atoms with Crippen LogP contribution in [-0.4, -0.2) is 24.2 Å². The van der Waals surface area contributed by atoms with Gasteiger partial charge in [-0.2, -0.15) is 0 Å². The van der Waals surface area contributed by atoms with Crippen LogP contribution in [0.4, 0.5) is 0 Å². The molecule has 0 radical (unpaired) electrons. The molecule has 0 aromatic rings. The average Bonchev–Trinajstić information content (AvgIpc) is 2.27. The summed E-state index contributed by atoms with van der Waals surface area (Å²) in [6, 6.07) is 0. The topological polar surface area (TPSA) is 77.8 Å². The number of aliphatic hydroxyl groups excluding tert-OH is 1. The van der Waals surface area contributed by atoms with Crippen molar-refractivity contribution in [1.82, 2.24) is 0 Å². The average molecular weight is 225 g/mol. The Balaban J connectivity index is -0.0000000393. The lowest BCUT2D eigenvalue weighted by atomic mass is 10.2. The minimum Gasteiger partial charge on any atom is -0.412 e. The van der Waals surface area contributed by atoms with Crippen molar-refractivity contribution >= 4 is 0 Å². The molecule has 100 valence electrons. The molecule has 0 atom stereocenters. The summed E-state index contributed by atoms with van der Waals surface area (Å²) in [4.78, 5) is 0. The normalized spacial score (nSPS) is 7.60. The number of hydrogen-bond acceptors (Lipinski definition) is 2. The van der Waals surface area contributed by atoms with Crippen molar-refractivity contribution in [3.05, 3.63) is 0 Å². The lowest BCUT2D eigenvalue weighted by molar-refractivity contribution is 0.399. The van der Waals surface area contributed by atoms with Crippen molar-refractivity contribution in [2.24, 2.45) is 5.73 Å². The first kappa shape index (κ1) is 24.2. The molecule has 0 aliphatic carbocycles. The molecule has 0 amide bonds. The van der Waals surface area contributed by atoms with Crippen LogP contribution in [0.5, 0.6) is 0 Å². The number of aliphatic hydroxyl groups is 1. The standard InChI is InChI=1S/C6H14.C5H13N.CH4O.H2O.H2/c1-3-5-6-4-2;1-2-3-4-5-6;1-2;;/h3-6H2,1-2H3;2-6H2,1H3;2H,1H3;1H2;1H. The van der Waals surface area contributed by atoms with Crippen molar-refractivity contribution in [2.45, 2.75) is 65.7 Å². The van der Waals surface area contributed by atoms with E-state index in [9.17, 15) is 0 Å². The minimum absolute atomic E-state index is 0. The Morgan fingerprint density at radius 1 is 0.800 bits per heavy atom. The molecule has 3 heteroatoms. The summed E-state index contributed by atoms with van der Waals surface area (Å²) in [6.45, 7) is 7.49. The highest BCUT2D eigenvalue weighted by molar-refractivity contribution is 4.35. The third-order valence-electron chi connectivity index (χ3n) is 1.76. The summed E-state index contributed by atoms with van der Waals surface area (Å²) < 4.78 is 0. The molecule has 0 saturated heterocycles. The lowest BCUT2D eigenvalue weighted by Gasteiger charge is -1.86. The first-order valence-electron chi connectivity index (χ1n) is 5.98. The number of hydrogen-bond donors (Lipinski definition) is 2. The molecule has 5 N–H and O–H groups in total. The SMILES string of the molecule is CCCCCC.CCCCCN.CO.O.[HH]. The predicted molar refractivity (Wildman–Crippen MR) is 72.3 cm³/mol. The summed E-state index contributed by atoms with van der Waals surface area (Å²) in [5.41, 5.74) is 5.21. The maximum atomic E-state index is 7.00. The van der Waals surface area contributed by atoms with Gasteiger partial charge in [-0.3, -0.25) is 0 Å². The van der Waals surface area contributed by atoms with Crippen LogP contribution >= 0.6 is 0 Å². The summed E-state index contributed by atoms with van der Waals surface area (Å²) in [5, 5.41) is 7.00. The van der Waals surface area contributed by atoms with Crippen LogP contribution in [0.3, 0.4) is 0 Å². The Hall–Kier alpha value is -0.120. The summed E-state index contributed by atoms with van der Waals surface area (Å²) >= 11 is 0. The second-order valence-corrected chi connectivity index (χ2v) is 3.20. The fourth-order valence-corrected chi connectivity index (χ4v) is 0.894. The van der Waals surface area contributed by atoms with Crippen LogP contribution in [0, 0.1) is 0 Å². The molecule has 15 heavy (non-hydrogen) atoms. The molecule has 0 aliphatic rings. The molecule has 3 nitrogen and oxygen atoms in total. The van der Waals surface area contributed by atoms with Gasteiger partial charge in [0.05, 0.1) is 0 Å². The largest absolute Gasteiger partial charge is 0.412 e. The summed E-state index contributed by atoms with van der Waals surface area (Å²) in [7, 11) is 1.00. The molecular formula is C12H35NO2. The van der Waals surface area contributed by atoms with Gasteiger partial charge in [0, 0.05) is 8.54 Å². The van der Waals surface area contributed by atoms with Crippen LogP contribution in [0.1, 0.15) is 67.1 Å². The Bertz CT molecular complexity index is 51.0. The first-order valence-corrected chi connectivity index (χ1v) is 5.98. The van der Waals surface area contributed by atoms with Crippen LogP contribution in [0.15, 0.2) is 0 Å². The van der Waals surface area contributed by atoms with E-state index in [-0.39, 0.29) is 6.90 Å². The van der Waals surface area contributed by atoms with Gasteiger partial charge in [0.25, 0.3) is 0 Å². The minimum atomic E-state index is 0. The zero-order valence-electron chi connectivity index (χ0n) is 11.2. The van der Waals surface area contributed by atoms with Gasteiger partial charge in [-0.15, -0.1) is 0 Å². The predicted octanol–water partition coefficient (Wildman–Crippen LogP) is 2.75. The van der Waals surface area contributed by atoms with Crippen LogP contribution in [0.25, 0.3) is 0 Å². The van der Waals surface area contributed by atoms with Crippen LogP contribution < -0.4 is 5.73 Å². The lowest BCUT2D eigenvalue weighted by Crippen LogP contribution is -1.96.